The number of urea groups is 2. The van der Waals surface area contributed by atoms with Gasteiger partial charge in [-0.05, 0) is 42.8 Å². The molecule has 4 amide bonds. The molecule has 13 heteroatoms. The lowest BCUT2D eigenvalue weighted by Gasteiger charge is -2.10. The van der Waals surface area contributed by atoms with Gasteiger partial charge in [0.2, 0.25) is 0 Å². The molecule has 0 aliphatic rings. The minimum absolute atomic E-state index is 0.0325. The number of hydrogen-bond donors (Lipinski definition) is 5. The molecule has 2 aromatic carbocycles. The van der Waals surface area contributed by atoms with Gasteiger partial charge in [0.1, 0.15) is 0 Å². The summed E-state index contributed by atoms with van der Waals surface area (Å²) in [5, 5.41) is 17.8. The van der Waals surface area contributed by atoms with Crippen LogP contribution in [0.25, 0.3) is 0 Å². The van der Waals surface area contributed by atoms with E-state index in [1.165, 1.54) is 24.3 Å². The largest absolute Gasteiger partial charge is 0.416 e. The van der Waals surface area contributed by atoms with Crippen molar-refractivity contribution >= 4 is 23.4 Å². The van der Waals surface area contributed by atoms with E-state index < -0.39 is 35.5 Å². The minimum Gasteiger partial charge on any atom is -0.395 e. The van der Waals surface area contributed by atoms with Gasteiger partial charge in [-0.15, -0.1) is 0 Å². The molecule has 0 bridgehead atoms. The Morgan fingerprint density at radius 3 is 1.53 bits per heavy atom. The zero-order valence-corrected chi connectivity index (χ0v) is 18.0. The Morgan fingerprint density at radius 1 is 0.765 bits per heavy atom. The zero-order chi connectivity index (χ0) is 25.8. The van der Waals surface area contributed by atoms with E-state index in [2.05, 4.69) is 21.3 Å². The van der Waals surface area contributed by atoms with E-state index in [1.54, 1.807) is 0 Å². The van der Waals surface area contributed by atoms with Crippen LogP contribution in [0.1, 0.15) is 24.5 Å². The average molecular weight is 494 g/mol. The Morgan fingerprint density at radius 2 is 1.18 bits per heavy atom. The van der Waals surface area contributed by atoms with E-state index in [0.29, 0.717) is 6.54 Å². The molecular formula is C21H24F6N4O3. The highest BCUT2D eigenvalue weighted by Gasteiger charge is 2.31. The molecular weight excluding hydrogens is 470 g/mol. The summed E-state index contributed by atoms with van der Waals surface area (Å²) in [6, 6.07) is 7.61. The van der Waals surface area contributed by atoms with Crippen LogP contribution >= 0.6 is 0 Å². The van der Waals surface area contributed by atoms with Crippen molar-refractivity contribution in [2.24, 2.45) is 0 Å². The topological polar surface area (TPSA) is 102 Å². The van der Waals surface area contributed by atoms with Gasteiger partial charge in [0.15, 0.2) is 0 Å². The molecule has 2 aromatic rings. The summed E-state index contributed by atoms with van der Waals surface area (Å²) < 4.78 is 74.2. The number of carbonyl (C=O) groups excluding carboxylic acids is 2. The van der Waals surface area contributed by atoms with Crippen molar-refractivity contribution in [3.8, 4) is 0 Å². The molecule has 5 N–H and O–H groups in total. The number of aliphatic hydroxyl groups is 1. The third-order valence-electron chi connectivity index (χ3n) is 3.83. The highest BCUT2D eigenvalue weighted by molar-refractivity contribution is 5.89. The monoisotopic (exact) mass is 494 g/mol. The molecule has 0 spiro atoms. The van der Waals surface area contributed by atoms with Crippen LogP contribution in [0, 0.1) is 0 Å². The van der Waals surface area contributed by atoms with E-state index in [1.807, 2.05) is 6.92 Å². The Balaban J connectivity index is 0.000000340. The molecule has 34 heavy (non-hydrogen) atoms. The van der Waals surface area contributed by atoms with E-state index in [9.17, 15) is 35.9 Å². The van der Waals surface area contributed by atoms with Crippen molar-refractivity contribution in [2.45, 2.75) is 25.7 Å². The highest BCUT2D eigenvalue weighted by atomic mass is 19.4. The summed E-state index contributed by atoms with van der Waals surface area (Å²) in [4.78, 5) is 22.3. The summed E-state index contributed by atoms with van der Waals surface area (Å²) in [7, 11) is 0. The third-order valence-corrected chi connectivity index (χ3v) is 3.83. The quantitative estimate of drug-likeness (QED) is 0.363. The molecule has 0 aromatic heterocycles. The predicted molar refractivity (Wildman–Crippen MR) is 114 cm³/mol. The fraction of sp³-hybridized carbons (Fsp3) is 0.333. The number of carbonyl (C=O) groups is 2. The summed E-state index contributed by atoms with van der Waals surface area (Å²) >= 11 is 0. The number of halogens is 6. The maximum absolute atomic E-state index is 12.4. The van der Waals surface area contributed by atoms with Crippen LogP contribution in [0.2, 0.25) is 0 Å². The molecule has 188 valence electrons. The van der Waals surface area contributed by atoms with Crippen LogP contribution in [0.5, 0.6) is 0 Å². The molecule has 7 nitrogen and oxygen atoms in total. The molecule has 0 aliphatic carbocycles. The molecule has 2 rings (SSSR count). The van der Waals surface area contributed by atoms with Crippen molar-refractivity contribution in [2.75, 3.05) is 30.3 Å². The van der Waals surface area contributed by atoms with Crippen LogP contribution in [0.3, 0.4) is 0 Å². The maximum atomic E-state index is 12.4. The predicted octanol–water partition coefficient (Wildman–Crippen LogP) is 5.06. The van der Waals surface area contributed by atoms with Crippen LogP contribution in [0.15, 0.2) is 48.5 Å². The lowest BCUT2D eigenvalue weighted by atomic mass is 10.2. The van der Waals surface area contributed by atoms with Crippen LogP contribution in [-0.4, -0.2) is 36.9 Å². The van der Waals surface area contributed by atoms with Crippen LogP contribution in [-0.2, 0) is 12.4 Å². The average Bonchev–Trinajstić information content (AvgIpc) is 2.76. The second-order valence-electron chi connectivity index (χ2n) is 6.64. The Hall–Kier alpha value is -3.48. The van der Waals surface area contributed by atoms with Crippen molar-refractivity contribution < 1.29 is 41.0 Å². The zero-order valence-electron chi connectivity index (χ0n) is 18.0. The number of nitrogens with one attached hydrogen (secondary N) is 4. The number of hydrogen-bond acceptors (Lipinski definition) is 3. The highest BCUT2D eigenvalue weighted by Crippen LogP contribution is 2.31. The fourth-order valence-electron chi connectivity index (χ4n) is 2.31. The van der Waals surface area contributed by atoms with Gasteiger partial charge in [-0.1, -0.05) is 19.1 Å². The molecule has 0 fully saturated rings. The van der Waals surface area contributed by atoms with Gasteiger partial charge < -0.3 is 26.4 Å². The number of anilines is 2. The minimum atomic E-state index is -4.45. The first-order valence-electron chi connectivity index (χ1n) is 9.92. The van der Waals surface area contributed by atoms with Crippen molar-refractivity contribution in [3.63, 3.8) is 0 Å². The first kappa shape index (κ1) is 28.6. The number of alkyl halides is 6. The molecule has 0 saturated heterocycles. The summed E-state index contributed by atoms with van der Waals surface area (Å²) in [5.74, 6) is 0. The van der Waals surface area contributed by atoms with Crippen LogP contribution in [0.4, 0.5) is 47.3 Å². The Bertz CT molecular complexity index is 860. The lowest BCUT2D eigenvalue weighted by molar-refractivity contribution is -0.138. The third kappa shape index (κ3) is 10.9. The van der Waals surface area contributed by atoms with Gasteiger partial charge in [0.25, 0.3) is 0 Å². The smallest absolute Gasteiger partial charge is 0.395 e. The standard InChI is InChI=1S/C11H13F3N2O.C10H11F3N2O2/c1-2-6-15-10(17)16-9-5-3-4-8(7-9)11(12,13)14;11-10(12,13)7-2-1-3-8(6-7)15-9(17)14-4-5-16/h3-5,7H,2,6H2,1H3,(H2,15,16,17);1-3,6,16H,4-5H2,(H2,14,15,17). The molecule has 0 atom stereocenters. The number of aliphatic hydroxyl groups excluding tert-OH is 1. The van der Waals surface area contributed by atoms with Gasteiger partial charge in [-0.2, -0.15) is 26.3 Å². The second-order valence-corrected chi connectivity index (χ2v) is 6.64. The lowest BCUT2D eigenvalue weighted by Crippen LogP contribution is -2.31. The summed E-state index contributed by atoms with van der Waals surface area (Å²) in [6.45, 7) is 2.15. The first-order valence-corrected chi connectivity index (χ1v) is 9.92. The first-order chi connectivity index (χ1) is 15.9. The van der Waals surface area contributed by atoms with Crippen molar-refractivity contribution in [1.82, 2.24) is 10.6 Å². The van der Waals surface area contributed by atoms with Crippen molar-refractivity contribution in [3.05, 3.63) is 59.7 Å². The molecule has 0 unspecified atom stereocenters. The van der Waals surface area contributed by atoms with Gasteiger partial charge in [-0.3, -0.25) is 0 Å². The fourth-order valence-corrected chi connectivity index (χ4v) is 2.31. The summed E-state index contributed by atoms with van der Waals surface area (Å²) in [5.41, 5.74) is -1.47. The number of benzene rings is 2. The van der Waals surface area contributed by atoms with E-state index in [0.717, 1.165) is 30.7 Å². The van der Waals surface area contributed by atoms with Crippen LogP contribution < -0.4 is 21.3 Å². The number of rotatable bonds is 6. The van der Waals surface area contributed by atoms with E-state index in [-0.39, 0.29) is 24.5 Å². The van der Waals surface area contributed by atoms with E-state index in [4.69, 9.17) is 5.11 Å². The number of amides is 4. The van der Waals surface area contributed by atoms with Gasteiger partial charge >= 0.3 is 24.4 Å². The molecule has 0 radical (unpaired) electrons. The molecule has 0 heterocycles. The van der Waals surface area contributed by atoms with Gasteiger partial charge in [-0.25, -0.2) is 9.59 Å². The SMILES string of the molecule is CCCNC(=O)Nc1cccc(C(F)(F)F)c1.O=C(NCCO)Nc1cccc(C(F)(F)F)c1. The maximum Gasteiger partial charge on any atom is 0.416 e. The van der Waals surface area contributed by atoms with E-state index >= 15 is 0 Å². The Kier molecular flexibility index (Phi) is 11.2. The second kappa shape index (κ2) is 13.3. The van der Waals surface area contributed by atoms with Gasteiger partial charge in [0, 0.05) is 24.5 Å². The summed E-state index contributed by atoms with van der Waals surface area (Å²) in [6.07, 6.45) is -8.09. The van der Waals surface area contributed by atoms with Crippen molar-refractivity contribution in [1.29, 1.82) is 0 Å². The Labute approximate surface area is 191 Å². The molecule has 0 saturated carbocycles. The molecule has 0 aliphatic heterocycles. The normalized spacial score (nSPS) is 11.1. The van der Waals surface area contributed by atoms with Gasteiger partial charge in [0.05, 0.1) is 17.7 Å².